The van der Waals surface area contributed by atoms with Crippen molar-refractivity contribution >= 4 is 11.6 Å². The molecule has 1 fully saturated rings. The van der Waals surface area contributed by atoms with E-state index in [-0.39, 0.29) is 6.10 Å². The maximum atomic E-state index is 9.42. The third-order valence-electron chi connectivity index (χ3n) is 2.78. The average Bonchev–Trinajstić information content (AvgIpc) is 2.30. The molecule has 1 aliphatic rings. The van der Waals surface area contributed by atoms with E-state index < -0.39 is 0 Å². The van der Waals surface area contributed by atoms with Gasteiger partial charge in [0.05, 0.1) is 6.10 Å². The van der Waals surface area contributed by atoms with E-state index in [0.29, 0.717) is 0 Å². The molecule has 1 aliphatic heterocycles. The molecule has 0 amide bonds. The van der Waals surface area contributed by atoms with E-state index in [2.05, 4.69) is 15.2 Å². The molecular weight excluding hydrogens is 190 g/mol. The van der Waals surface area contributed by atoms with Gasteiger partial charge in [0.1, 0.15) is 11.6 Å². The number of aliphatic hydroxyl groups excluding tert-OH is 1. The predicted octanol–water partition coefficient (Wildman–Crippen LogP) is 1.08. The lowest BCUT2D eigenvalue weighted by Gasteiger charge is -2.30. The first-order valence-electron chi connectivity index (χ1n) is 5.37. The highest BCUT2D eigenvalue weighted by atomic mass is 16.3. The highest BCUT2D eigenvalue weighted by molar-refractivity contribution is 5.46. The van der Waals surface area contributed by atoms with E-state index in [9.17, 15) is 5.11 Å². The Bertz CT molecular complexity index is 321. The van der Waals surface area contributed by atoms with Gasteiger partial charge in [0.2, 0.25) is 0 Å². The first-order valence-corrected chi connectivity index (χ1v) is 5.37. The van der Waals surface area contributed by atoms with Crippen molar-refractivity contribution in [3.05, 3.63) is 18.2 Å². The Morgan fingerprint density at radius 3 is 2.80 bits per heavy atom. The number of aliphatic hydroxyl groups is 1. The number of piperidine rings is 1. The molecule has 1 aromatic rings. The maximum Gasteiger partial charge on any atom is 0.130 e. The second kappa shape index (κ2) is 4.49. The van der Waals surface area contributed by atoms with E-state index in [1.54, 1.807) is 0 Å². The van der Waals surface area contributed by atoms with Crippen LogP contribution in [0.25, 0.3) is 0 Å². The summed E-state index contributed by atoms with van der Waals surface area (Å²) in [4.78, 5) is 6.69. The predicted molar refractivity (Wildman–Crippen MR) is 61.2 cm³/mol. The SMILES string of the molecule is CNc1cccc(N2CCC(O)CC2)n1. The molecule has 82 valence electrons. The minimum absolute atomic E-state index is 0.131. The summed E-state index contributed by atoms with van der Waals surface area (Å²) < 4.78 is 0. The summed E-state index contributed by atoms with van der Waals surface area (Å²) in [7, 11) is 1.87. The van der Waals surface area contributed by atoms with E-state index in [1.165, 1.54) is 0 Å². The van der Waals surface area contributed by atoms with Crippen LogP contribution in [0.4, 0.5) is 11.6 Å². The fraction of sp³-hybridized carbons (Fsp3) is 0.545. The molecule has 4 heteroatoms. The van der Waals surface area contributed by atoms with Crippen molar-refractivity contribution in [1.29, 1.82) is 0 Å². The highest BCUT2D eigenvalue weighted by Gasteiger charge is 2.17. The van der Waals surface area contributed by atoms with Gasteiger partial charge < -0.3 is 15.3 Å². The van der Waals surface area contributed by atoms with Crippen LogP contribution in [0.3, 0.4) is 0 Å². The number of hydrogen-bond donors (Lipinski definition) is 2. The minimum atomic E-state index is -0.131. The Kier molecular flexibility index (Phi) is 3.06. The van der Waals surface area contributed by atoms with Crippen LogP contribution in [0.5, 0.6) is 0 Å². The van der Waals surface area contributed by atoms with Crippen molar-refractivity contribution in [2.75, 3.05) is 30.4 Å². The molecule has 15 heavy (non-hydrogen) atoms. The summed E-state index contributed by atoms with van der Waals surface area (Å²) in [5.41, 5.74) is 0. The molecule has 0 saturated carbocycles. The lowest BCUT2D eigenvalue weighted by molar-refractivity contribution is 0.145. The molecule has 0 aromatic carbocycles. The number of aromatic nitrogens is 1. The second-order valence-electron chi connectivity index (χ2n) is 3.85. The summed E-state index contributed by atoms with van der Waals surface area (Å²) >= 11 is 0. The van der Waals surface area contributed by atoms with Crippen LogP contribution < -0.4 is 10.2 Å². The molecule has 1 aromatic heterocycles. The van der Waals surface area contributed by atoms with Gasteiger partial charge in [0.25, 0.3) is 0 Å². The Labute approximate surface area is 89.9 Å². The smallest absolute Gasteiger partial charge is 0.130 e. The zero-order valence-electron chi connectivity index (χ0n) is 8.98. The zero-order chi connectivity index (χ0) is 10.7. The Hall–Kier alpha value is -1.29. The lowest BCUT2D eigenvalue weighted by atomic mass is 10.1. The third kappa shape index (κ3) is 2.39. The van der Waals surface area contributed by atoms with Crippen molar-refractivity contribution in [1.82, 2.24) is 4.98 Å². The maximum absolute atomic E-state index is 9.42. The normalized spacial score (nSPS) is 17.9. The summed E-state index contributed by atoms with van der Waals surface area (Å²) in [5.74, 6) is 1.88. The Morgan fingerprint density at radius 2 is 2.13 bits per heavy atom. The Balaban J connectivity index is 2.08. The standard InChI is InChI=1S/C11H17N3O/c1-12-10-3-2-4-11(13-10)14-7-5-9(15)6-8-14/h2-4,9,15H,5-8H2,1H3,(H,12,13). The van der Waals surface area contributed by atoms with E-state index in [4.69, 9.17) is 0 Å². The number of hydrogen-bond acceptors (Lipinski definition) is 4. The van der Waals surface area contributed by atoms with Crippen LogP contribution in [-0.4, -0.2) is 36.3 Å². The van der Waals surface area contributed by atoms with Crippen molar-refractivity contribution in [2.24, 2.45) is 0 Å². The van der Waals surface area contributed by atoms with Crippen LogP contribution in [0.1, 0.15) is 12.8 Å². The topological polar surface area (TPSA) is 48.4 Å². The molecule has 2 rings (SSSR count). The quantitative estimate of drug-likeness (QED) is 0.762. The van der Waals surface area contributed by atoms with Crippen molar-refractivity contribution in [2.45, 2.75) is 18.9 Å². The van der Waals surface area contributed by atoms with Gasteiger partial charge in [-0.05, 0) is 25.0 Å². The molecule has 4 nitrogen and oxygen atoms in total. The summed E-state index contributed by atoms with van der Waals surface area (Å²) in [5, 5.41) is 12.4. The van der Waals surface area contributed by atoms with E-state index in [1.807, 2.05) is 25.2 Å². The third-order valence-corrected chi connectivity index (χ3v) is 2.78. The molecule has 2 heterocycles. The van der Waals surface area contributed by atoms with E-state index in [0.717, 1.165) is 37.6 Å². The number of rotatable bonds is 2. The van der Waals surface area contributed by atoms with Gasteiger partial charge in [-0.3, -0.25) is 0 Å². The zero-order valence-corrected chi connectivity index (χ0v) is 8.98. The fourth-order valence-electron chi connectivity index (χ4n) is 1.83. The molecule has 0 unspecified atom stereocenters. The average molecular weight is 207 g/mol. The molecule has 1 saturated heterocycles. The monoisotopic (exact) mass is 207 g/mol. The van der Waals surface area contributed by atoms with Crippen LogP contribution in [-0.2, 0) is 0 Å². The van der Waals surface area contributed by atoms with Crippen molar-refractivity contribution < 1.29 is 5.11 Å². The molecule has 2 N–H and O–H groups in total. The van der Waals surface area contributed by atoms with Crippen molar-refractivity contribution in [3.8, 4) is 0 Å². The van der Waals surface area contributed by atoms with Gasteiger partial charge in [-0.2, -0.15) is 0 Å². The highest BCUT2D eigenvalue weighted by Crippen LogP contribution is 2.19. The van der Waals surface area contributed by atoms with Crippen molar-refractivity contribution in [3.63, 3.8) is 0 Å². The van der Waals surface area contributed by atoms with Gasteiger partial charge in [0.15, 0.2) is 0 Å². The molecule has 0 spiro atoms. The first kappa shape index (κ1) is 10.2. The van der Waals surface area contributed by atoms with Crippen LogP contribution in [0.2, 0.25) is 0 Å². The van der Waals surface area contributed by atoms with Crippen LogP contribution >= 0.6 is 0 Å². The van der Waals surface area contributed by atoms with Crippen LogP contribution in [0, 0.1) is 0 Å². The molecule has 0 bridgehead atoms. The molecule has 0 radical (unpaired) electrons. The summed E-state index contributed by atoms with van der Waals surface area (Å²) in [6, 6.07) is 5.96. The second-order valence-corrected chi connectivity index (χ2v) is 3.85. The van der Waals surface area contributed by atoms with Gasteiger partial charge >= 0.3 is 0 Å². The first-order chi connectivity index (χ1) is 7.29. The Morgan fingerprint density at radius 1 is 1.40 bits per heavy atom. The number of anilines is 2. The van der Waals surface area contributed by atoms with Gasteiger partial charge in [-0.15, -0.1) is 0 Å². The minimum Gasteiger partial charge on any atom is -0.393 e. The van der Waals surface area contributed by atoms with E-state index >= 15 is 0 Å². The lowest BCUT2D eigenvalue weighted by Crippen LogP contribution is -2.36. The number of nitrogens with zero attached hydrogens (tertiary/aromatic N) is 2. The summed E-state index contributed by atoms with van der Waals surface area (Å²) in [6.45, 7) is 1.78. The summed E-state index contributed by atoms with van der Waals surface area (Å²) in [6.07, 6.45) is 1.55. The van der Waals surface area contributed by atoms with Crippen LogP contribution in [0.15, 0.2) is 18.2 Å². The number of nitrogens with one attached hydrogen (secondary N) is 1. The molecule has 0 aliphatic carbocycles. The number of pyridine rings is 1. The largest absolute Gasteiger partial charge is 0.393 e. The van der Waals surface area contributed by atoms with Gasteiger partial charge in [0, 0.05) is 20.1 Å². The fourth-order valence-corrected chi connectivity index (χ4v) is 1.83. The van der Waals surface area contributed by atoms with Gasteiger partial charge in [-0.25, -0.2) is 4.98 Å². The van der Waals surface area contributed by atoms with Gasteiger partial charge in [-0.1, -0.05) is 6.07 Å². The molecular formula is C11H17N3O. The molecule has 0 atom stereocenters.